The van der Waals surface area contributed by atoms with Gasteiger partial charge in [0.25, 0.3) is 0 Å². The van der Waals surface area contributed by atoms with Gasteiger partial charge in [0.1, 0.15) is 16.8 Å². The van der Waals surface area contributed by atoms with Gasteiger partial charge in [0, 0.05) is 22.7 Å². The minimum Gasteiger partial charge on any atom is -0.340 e. The predicted octanol–water partition coefficient (Wildman–Crippen LogP) is 4.96. The first-order chi connectivity index (χ1) is 8.97. The number of aromatic nitrogens is 2. The largest absolute Gasteiger partial charge is 0.340 e. The van der Waals surface area contributed by atoms with Crippen LogP contribution in [-0.2, 0) is 0 Å². The molecule has 0 radical (unpaired) electrons. The zero-order valence-corrected chi connectivity index (χ0v) is 12.5. The molecule has 2 aromatic rings. The summed E-state index contributed by atoms with van der Waals surface area (Å²) in [4.78, 5) is 8.65. The Hall–Kier alpha value is -1.32. The van der Waals surface area contributed by atoms with E-state index in [0.29, 0.717) is 16.0 Å². The van der Waals surface area contributed by atoms with E-state index in [0.717, 1.165) is 17.1 Å². The molecule has 1 N–H and O–H groups in total. The highest BCUT2D eigenvalue weighted by atomic mass is 35.5. The van der Waals surface area contributed by atoms with Crippen LogP contribution >= 0.6 is 23.2 Å². The third kappa shape index (κ3) is 3.37. The topological polar surface area (TPSA) is 37.8 Å². The van der Waals surface area contributed by atoms with E-state index in [1.54, 1.807) is 6.07 Å². The molecule has 100 valence electrons. The second kappa shape index (κ2) is 5.76. The number of nitrogens with zero attached hydrogens (tertiary/aromatic N) is 2. The molecule has 5 heteroatoms. The maximum Gasteiger partial charge on any atom is 0.135 e. The van der Waals surface area contributed by atoms with E-state index in [1.807, 2.05) is 39.0 Å². The Morgan fingerprint density at radius 3 is 2.58 bits per heavy atom. The molecule has 0 atom stereocenters. The molecule has 0 aliphatic rings. The number of benzene rings is 1. The van der Waals surface area contributed by atoms with Gasteiger partial charge in [0.15, 0.2) is 0 Å². The van der Waals surface area contributed by atoms with Gasteiger partial charge >= 0.3 is 0 Å². The van der Waals surface area contributed by atoms with Crippen molar-refractivity contribution in [3.05, 3.63) is 45.8 Å². The van der Waals surface area contributed by atoms with Gasteiger partial charge in [0.05, 0.1) is 0 Å². The zero-order valence-electron chi connectivity index (χ0n) is 11.0. The van der Waals surface area contributed by atoms with Gasteiger partial charge in [-0.1, -0.05) is 43.1 Å². The lowest BCUT2D eigenvalue weighted by Gasteiger charge is -2.12. The fourth-order valence-electron chi connectivity index (χ4n) is 1.64. The maximum atomic E-state index is 6.09. The Morgan fingerprint density at radius 1 is 1.16 bits per heavy atom. The summed E-state index contributed by atoms with van der Waals surface area (Å²) < 4.78 is 0. The van der Waals surface area contributed by atoms with Crippen molar-refractivity contribution in [2.24, 2.45) is 0 Å². The summed E-state index contributed by atoms with van der Waals surface area (Å²) in [7, 11) is 0. The van der Waals surface area contributed by atoms with Crippen LogP contribution in [0.15, 0.2) is 24.3 Å². The van der Waals surface area contributed by atoms with Crippen LogP contribution in [0.4, 0.5) is 11.5 Å². The van der Waals surface area contributed by atoms with Gasteiger partial charge in [0.2, 0.25) is 0 Å². The molecule has 0 aliphatic heterocycles. The standard InChI is InChI=1S/C14H15Cl2N3/c1-8(2)14-18-12(16)7-13(19-14)17-11-6-4-5-10(15)9(11)3/h4-8H,1-3H3,(H,17,18,19). The quantitative estimate of drug-likeness (QED) is 0.813. The fourth-order valence-corrected chi connectivity index (χ4v) is 2.00. The van der Waals surface area contributed by atoms with Crippen molar-refractivity contribution in [3.8, 4) is 0 Å². The minimum absolute atomic E-state index is 0.222. The normalized spacial score (nSPS) is 10.8. The minimum atomic E-state index is 0.222. The summed E-state index contributed by atoms with van der Waals surface area (Å²) in [5.41, 5.74) is 1.89. The van der Waals surface area contributed by atoms with Crippen LogP contribution in [0.2, 0.25) is 10.2 Å². The fraction of sp³-hybridized carbons (Fsp3) is 0.286. The third-order valence-electron chi connectivity index (χ3n) is 2.76. The molecule has 1 heterocycles. The zero-order chi connectivity index (χ0) is 14.0. The maximum absolute atomic E-state index is 6.09. The molecule has 0 aliphatic carbocycles. The van der Waals surface area contributed by atoms with E-state index in [-0.39, 0.29) is 5.92 Å². The Labute approximate surface area is 123 Å². The van der Waals surface area contributed by atoms with Crippen LogP contribution in [0, 0.1) is 6.92 Å². The molecule has 1 aromatic heterocycles. The lowest BCUT2D eigenvalue weighted by Crippen LogP contribution is -2.02. The lowest BCUT2D eigenvalue weighted by molar-refractivity contribution is 0.776. The lowest BCUT2D eigenvalue weighted by atomic mass is 10.2. The first kappa shape index (κ1) is 14.1. The Kier molecular flexibility index (Phi) is 4.27. The summed E-state index contributed by atoms with van der Waals surface area (Å²) in [6.45, 7) is 6.01. The van der Waals surface area contributed by atoms with Crippen LogP contribution in [0.5, 0.6) is 0 Å². The van der Waals surface area contributed by atoms with Crippen molar-refractivity contribution in [1.29, 1.82) is 0 Å². The van der Waals surface area contributed by atoms with Gasteiger partial charge in [-0.05, 0) is 24.6 Å². The van der Waals surface area contributed by atoms with E-state index in [4.69, 9.17) is 23.2 Å². The third-order valence-corrected chi connectivity index (χ3v) is 3.36. The van der Waals surface area contributed by atoms with Gasteiger partial charge in [-0.3, -0.25) is 0 Å². The van der Waals surface area contributed by atoms with E-state index >= 15 is 0 Å². The van der Waals surface area contributed by atoms with Gasteiger partial charge in [-0.25, -0.2) is 9.97 Å². The molecule has 0 spiro atoms. The van der Waals surface area contributed by atoms with Crippen molar-refractivity contribution >= 4 is 34.7 Å². The predicted molar refractivity (Wildman–Crippen MR) is 80.6 cm³/mol. The molecule has 3 nitrogen and oxygen atoms in total. The number of nitrogens with one attached hydrogen (secondary N) is 1. The van der Waals surface area contributed by atoms with E-state index in [2.05, 4.69) is 15.3 Å². The average Bonchev–Trinajstić information content (AvgIpc) is 2.34. The van der Waals surface area contributed by atoms with Gasteiger partial charge in [-0.2, -0.15) is 0 Å². The second-order valence-corrected chi connectivity index (χ2v) is 5.42. The number of halogens is 2. The monoisotopic (exact) mass is 295 g/mol. The smallest absolute Gasteiger partial charge is 0.135 e. The molecule has 2 rings (SSSR count). The van der Waals surface area contributed by atoms with Crippen molar-refractivity contribution < 1.29 is 0 Å². The number of anilines is 2. The summed E-state index contributed by atoms with van der Waals surface area (Å²) in [6, 6.07) is 7.40. The molecule has 0 bridgehead atoms. The van der Waals surface area contributed by atoms with E-state index in [9.17, 15) is 0 Å². The first-order valence-corrected chi connectivity index (χ1v) is 6.79. The van der Waals surface area contributed by atoms with Crippen LogP contribution in [0.25, 0.3) is 0 Å². The van der Waals surface area contributed by atoms with Crippen molar-refractivity contribution in [3.63, 3.8) is 0 Å². The summed E-state index contributed by atoms with van der Waals surface area (Å²) >= 11 is 12.1. The number of hydrogen-bond acceptors (Lipinski definition) is 3. The highest BCUT2D eigenvalue weighted by molar-refractivity contribution is 6.31. The number of rotatable bonds is 3. The number of hydrogen-bond donors (Lipinski definition) is 1. The second-order valence-electron chi connectivity index (χ2n) is 4.63. The van der Waals surface area contributed by atoms with E-state index in [1.165, 1.54) is 0 Å². The molecule has 0 saturated carbocycles. The molecule has 0 saturated heterocycles. The summed E-state index contributed by atoms with van der Waals surface area (Å²) in [5, 5.41) is 4.38. The van der Waals surface area contributed by atoms with Gasteiger partial charge < -0.3 is 5.32 Å². The molecule has 0 amide bonds. The molecule has 19 heavy (non-hydrogen) atoms. The molecular formula is C14H15Cl2N3. The van der Waals surface area contributed by atoms with Crippen LogP contribution in [0.1, 0.15) is 31.2 Å². The Bertz CT molecular complexity index is 597. The molecule has 0 unspecified atom stereocenters. The average molecular weight is 296 g/mol. The molecule has 1 aromatic carbocycles. The highest BCUT2D eigenvalue weighted by Gasteiger charge is 2.08. The molecular weight excluding hydrogens is 281 g/mol. The van der Waals surface area contributed by atoms with Crippen LogP contribution in [-0.4, -0.2) is 9.97 Å². The summed E-state index contributed by atoms with van der Waals surface area (Å²) in [5.74, 6) is 1.61. The van der Waals surface area contributed by atoms with Crippen LogP contribution in [0.3, 0.4) is 0 Å². The SMILES string of the molecule is Cc1c(Cl)cccc1Nc1cc(Cl)nc(C(C)C)n1. The van der Waals surface area contributed by atoms with E-state index < -0.39 is 0 Å². The Balaban J connectivity index is 2.35. The van der Waals surface area contributed by atoms with Crippen molar-refractivity contribution in [2.45, 2.75) is 26.7 Å². The Morgan fingerprint density at radius 2 is 1.89 bits per heavy atom. The van der Waals surface area contributed by atoms with Crippen molar-refractivity contribution in [2.75, 3.05) is 5.32 Å². The highest BCUT2D eigenvalue weighted by Crippen LogP contribution is 2.26. The van der Waals surface area contributed by atoms with Crippen LogP contribution < -0.4 is 5.32 Å². The van der Waals surface area contributed by atoms with Gasteiger partial charge in [-0.15, -0.1) is 0 Å². The summed E-state index contributed by atoms with van der Waals surface area (Å²) in [6.07, 6.45) is 0. The molecule has 0 fully saturated rings. The van der Waals surface area contributed by atoms with Crippen molar-refractivity contribution in [1.82, 2.24) is 9.97 Å². The first-order valence-electron chi connectivity index (χ1n) is 6.04.